The van der Waals surface area contributed by atoms with Crippen molar-refractivity contribution in [1.82, 2.24) is 0 Å². The highest BCUT2D eigenvalue weighted by atomic mass is 79.9. The lowest BCUT2D eigenvalue weighted by Crippen LogP contribution is -2.49. The van der Waals surface area contributed by atoms with Crippen LogP contribution < -0.4 is 0 Å². The molecule has 2 bridgehead atoms. The lowest BCUT2D eigenvalue weighted by atomic mass is 9.84. The molecule has 0 amide bonds. The number of halogens is 1. The Morgan fingerprint density at radius 2 is 1.60 bits per heavy atom. The van der Waals surface area contributed by atoms with E-state index in [4.69, 9.17) is 4.74 Å². The fraction of sp³-hybridized carbons (Fsp3) is 1.00. The van der Waals surface area contributed by atoms with Gasteiger partial charge in [0.1, 0.15) is 12.6 Å². The van der Waals surface area contributed by atoms with E-state index in [0.717, 1.165) is 23.9 Å². The zero-order valence-electron chi connectivity index (χ0n) is 9.33. The van der Waals surface area contributed by atoms with Gasteiger partial charge in [0.05, 0.1) is 13.1 Å². The van der Waals surface area contributed by atoms with Crippen molar-refractivity contribution in [3.8, 4) is 0 Å². The maximum Gasteiger partial charge on any atom is 0.183 e. The normalized spacial score (nSPS) is 49.8. The van der Waals surface area contributed by atoms with Crippen molar-refractivity contribution < 1.29 is 9.22 Å². The molecule has 4 rings (SSSR count). The van der Waals surface area contributed by atoms with E-state index < -0.39 is 0 Å². The van der Waals surface area contributed by atoms with Gasteiger partial charge in [0.15, 0.2) is 6.73 Å². The molecule has 4 fully saturated rings. The SMILES string of the molecule is BrCC1C[N+]2(CO1)CC1CCC(CC1)C2. The fourth-order valence-corrected chi connectivity index (χ4v) is 4.31. The van der Waals surface area contributed by atoms with Crippen molar-refractivity contribution in [1.29, 1.82) is 0 Å². The van der Waals surface area contributed by atoms with Gasteiger partial charge in [0, 0.05) is 17.2 Å². The molecule has 15 heavy (non-hydrogen) atoms. The van der Waals surface area contributed by atoms with Crippen molar-refractivity contribution in [2.45, 2.75) is 31.8 Å². The highest BCUT2D eigenvalue weighted by Crippen LogP contribution is 2.39. The summed E-state index contributed by atoms with van der Waals surface area (Å²) in [5, 5.41) is 1.02. The summed E-state index contributed by atoms with van der Waals surface area (Å²) in [6.07, 6.45) is 6.43. The van der Waals surface area contributed by atoms with E-state index >= 15 is 0 Å². The van der Waals surface area contributed by atoms with E-state index in [2.05, 4.69) is 15.9 Å². The van der Waals surface area contributed by atoms with Gasteiger partial charge < -0.3 is 4.74 Å². The molecule has 2 nitrogen and oxygen atoms in total. The van der Waals surface area contributed by atoms with E-state index in [1.165, 1.54) is 49.8 Å². The number of quaternary nitrogens is 1. The predicted octanol–water partition coefficient (Wildman–Crippen LogP) is 2.37. The number of alkyl halides is 1. The van der Waals surface area contributed by atoms with Crippen molar-refractivity contribution in [2.24, 2.45) is 11.8 Å². The second kappa shape index (κ2) is 4.01. The largest absolute Gasteiger partial charge is 0.322 e. The Kier molecular flexibility index (Phi) is 2.82. The molecule has 86 valence electrons. The van der Waals surface area contributed by atoms with Gasteiger partial charge in [-0.05, 0) is 25.7 Å². The van der Waals surface area contributed by atoms with E-state index in [9.17, 15) is 0 Å². The average Bonchev–Trinajstić information content (AvgIpc) is 2.46. The molecular weight excluding hydrogens is 254 g/mol. The van der Waals surface area contributed by atoms with Crippen LogP contribution in [0.25, 0.3) is 0 Å². The lowest BCUT2D eigenvalue weighted by Gasteiger charge is -2.33. The zero-order chi connectivity index (χ0) is 10.3. The number of nitrogens with zero attached hydrogens (tertiary/aromatic N) is 1. The number of ether oxygens (including phenoxy) is 1. The molecule has 0 N–H and O–H groups in total. The Balaban J connectivity index is 1.75. The molecule has 3 heterocycles. The molecule has 3 heteroatoms. The van der Waals surface area contributed by atoms with Gasteiger partial charge in [-0.2, -0.15) is 0 Å². The monoisotopic (exact) mass is 274 g/mol. The van der Waals surface area contributed by atoms with E-state index in [0.29, 0.717) is 6.10 Å². The molecule has 0 aromatic rings. The number of hydrogen-bond donors (Lipinski definition) is 0. The molecule has 0 aromatic heterocycles. The summed E-state index contributed by atoms with van der Waals surface area (Å²) in [6, 6.07) is 0. The van der Waals surface area contributed by atoms with E-state index in [1.54, 1.807) is 0 Å². The zero-order valence-corrected chi connectivity index (χ0v) is 10.9. The molecule has 1 unspecified atom stereocenters. The number of rotatable bonds is 1. The van der Waals surface area contributed by atoms with Crippen LogP contribution in [0.3, 0.4) is 0 Å². The molecule has 1 spiro atoms. The molecule has 3 aliphatic heterocycles. The topological polar surface area (TPSA) is 9.23 Å². The van der Waals surface area contributed by atoms with Gasteiger partial charge in [-0.1, -0.05) is 15.9 Å². The summed E-state index contributed by atoms with van der Waals surface area (Å²) in [5.41, 5.74) is 0. The number of fused-ring (bicyclic) bond motifs is 2. The molecule has 3 saturated heterocycles. The maximum absolute atomic E-state index is 5.90. The van der Waals surface area contributed by atoms with Gasteiger partial charge in [-0.25, -0.2) is 0 Å². The van der Waals surface area contributed by atoms with Gasteiger partial charge in [-0.15, -0.1) is 0 Å². The third-order valence-electron chi connectivity index (χ3n) is 4.60. The molecule has 0 radical (unpaired) electrons. The molecule has 1 aliphatic carbocycles. The van der Waals surface area contributed by atoms with Crippen LogP contribution in [0.5, 0.6) is 0 Å². The van der Waals surface area contributed by atoms with Gasteiger partial charge in [0.25, 0.3) is 0 Å². The van der Waals surface area contributed by atoms with Crippen LogP contribution in [0.4, 0.5) is 0 Å². The Morgan fingerprint density at radius 1 is 1.00 bits per heavy atom. The predicted molar refractivity (Wildman–Crippen MR) is 63.8 cm³/mol. The minimum Gasteiger partial charge on any atom is -0.322 e. The van der Waals surface area contributed by atoms with Gasteiger partial charge in [-0.3, -0.25) is 4.48 Å². The van der Waals surface area contributed by atoms with Crippen molar-refractivity contribution >= 4 is 15.9 Å². The molecule has 0 aromatic carbocycles. The molecule has 4 aliphatic rings. The lowest BCUT2D eigenvalue weighted by molar-refractivity contribution is -0.928. The second-order valence-corrected chi connectivity index (χ2v) is 6.50. The van der Waals surface area contributed by atoms with Crippen molar-refractivity contribution in [3.63, 3.8) is 0 Å². The minimum atomic E-state index is 0.475. The van der Waals surface area contributed by atoms with Crippen LogP contribution in [0, 0.1) is 11.8 Å². The first-order valence-corrected chi connectivity index (χ1v) is 7.44. The molecular formula is C12H21BrNO+. The first-order valence-electron chi connectivity index (χ1n) is 6.32. The summed E-state index contributed by atoms with van der Waals surface area (Å²) in [4.78, 5) is 0. The number of hydrogen-bond acceptors (Lipinski definition) is 1. The molecule has 1 atom stereocenters. The minimum absolute atomic E-state index is 0.475. The maximum atomic E-state index is 5.90. The first kappa shape index (κ1) is 10.5. The van der Waals surface area contributed by atoms with Crippen LogP contribution in [0.2, 0.25) is 0 Å². The van der Waals surface area contributed by atoms with Crippen LogP contribution in [-0.2, 0) is 4.74 Å². The van der Waals surface area contributed by atoms with Gasteiger partial charge in [0.2, 0.25) is 0 Å². The Labute approximate surface area is 101 Å². The van der Waals surface area contributed by atoms with Crippen LogP contribution in [0.15, 0.2) is 0 Å². The summed E-state index contributed by atoms with van der Waals surface area (Å²) >= 11 is 3.56. The second-order valence-electron chi connectivity index (χ2n) is 5.85. The van der Waals surface area contributed by atoms with Crippen LogP contribution in [0.1, 0.15) is 25.7 Å². The summed E-state index contributed by atoms with van der Waals surface area (Å²) in [7, 11) is 0. The Bertz CT molecular complexity index is 224. The van der Waals surface area contributed by atoms with Gasteiger partial charge >= 0.3 is 0 Å². The van der Waals surface area contributed by atoms with Crippen molar-refractivity contribution in [2.75, 3.05) is 31.7 Å². The third-order valence-corrected chi connectivity index (χ3v) is 5.33. The quantitative estimate of drug-likeness (QED) is 0.527. The van der Waals surface area contributed by atoms with Crippen molar-refractivity contribution in [3.05, 3.63) is 0 Å². The van der Waals surface area contributed by atoms with E-state index in [1.807, 2.05) is 0 Å². The first-order chi connectivity index (χ1) is 7.30. The Hall–Kier alpha value is 0.400. The standard InChI is InChI=1S/C12H21BrNO/c13-5-12-8-14(9-15-12)6-10-1-2-11(7-14)4-3-10/h10-12H,1-9H2/q+1. The highest BCUT2D eigenvalue weighted by Gasteiger charge is 2.45. The van der Waals surface area contributed by atoms with Crippen LogP contribution >= 0.6 is 15.9 Å². The van der Waals surface area contributed by atoms with Crippen LogP contribution in [-0.4, -0.2) is 42.3 Å². The smallest absolute Gasteiger partial charge is 0.183 e. The summed E-state index contributed by atoms with van der Waals surface area (Å²) in [5.74, 6) is 2.00. The Morgan fingerprint density at radius 3 is 2.07 bits per heavy atom. The summed E-state index contributed by atoms with van der Waals surface area (Å²) in [6.45, 7) is 5.06. The highest BCUT2D eigenvalue weighted by molar-refractivity contribution is 9.09. The fourth-order valence-electron chi connectivity index (χ4n) is 3.92. The average molecular weight is 275 g/mol. The molecule has 1 saturated carbocycles. The summed E-state index contributed by atoms with van der Waals surface area (Å²) < 4.78 is 7.18. The van der Waals surface area contributed by atoms with E-state index in [-0.39, 0.29) is 0 Å². The third kappa shape index (κ3) is 1.98.